The molecule has 0 spiro atoms. The van der Waals surface area contributed by atoms with Crippen molar-refractivity contribution in [1.29, 1.82) is 0 Å². The molecule has 0 saturated carbocycles. The molecule has 0 atom stereocenters. The summed E-state index contributed by atoms with van der Waals surface area (Å²) in [5, 5.41) is 9.05. The van der Waals surface area contributed by atoms with Crippen LogP contribution in [0.3, 0.4) is 0 Å². The first-order valence-electron chi connectivity index (χ1n) is 6.09. The van der Waals surface area contributed by atoms with E-state index in [9.17, 15) is 13.2 Å². The van der Waals surface area contributed by atoms with Crippen LogP contribution in [0.25, 0.3) is 0 Å². The van der Waals surface area contributed by atoms with Crippen LogP contribution in [0, 0.1) is 13.8 Å². The maximum Gasteiger partial charge on any atom is 0.335 e. The first-order valence-corrected chi connectivity index (χ1v) is 7.57. The van der Waals surface area contributed by atoms with Gasteiger partial charge in [-0.25, -0.2) is 13.2 Å². The number of rotatable bonds is 4. The van der Waals surface area contributed by atoms with Crippen molar-refractivity contribution in [1.82, 2.24) is 4.98 Å². The monoisotopic (exact) mass is 306 g/mol. The van der Waals surface area contributed by atoms with Crippen LogP contribution < -0.4 is 4.72 Å². The summed E-state index contributed by atoms with van der Waals surface area (Å²) in [5.74, 6) is -1.17. The number of nitrogens with one attached hydrogen (secondary N) is 1. The molecule has 0 fully saturated rings. The molecule has 0 amide bonds. The molecule has 2 N–H and O–H groups in total. The summed E-state index contributed by atoms with van der Waals surface area (Å²) in [6, 6.07) is 7.24. The Balaban J connectivity index is 2.38. The Morgan fingerprint density at radius 3 is 2.48 bits per heavy atom. The molecule has 2 aromatic rings. The Hall–Kier alpha value is -2.41. The molecule has 0 aliphatic heterocycles. The van der Waals surface area contributed by atoms with Crippen LogP contribution >= 0.6 is 0 Å². The van der Waals surface area contributed by atoms with Crippen LogP contribution in [0.5, 0.6) is 0 Å². The van der Waals surface area contributed by atoms with Crippen LogP contribution in [0.1, 0.15) is 21.6 Å². The zero-order valence-electron chi connectivity index (χ0n) is 11.5. The fraction of sp³-hybridized carbons (Fsp3) is 0.143. The highest BCUT2D eigenvalue weighted by Crippen LogP contribution is 2.19. The van der Waals surface area contributed by atoms with Gasteiger partial charge in [0.2, 0.25) is 0 Å². The predicted molar refractivity (Wildman–Crippen MR) is 77.9 cm³/mol. The number of aromatic nitrogens is 1. The molecule has 1 aromatic carbocycles. The number of benzene rings is 1. The number of hydrogen-bond acceptors (Lipinski definition) is 4. The van der Waals surface area contributed by atoms with E-state index in [-0.39, 0.29) is 10.5 Å². The van der Waals surface area contributed by atoms with Gasteiger partial charge in [0.1, 0.15) is 0 Å². The Kier molecular flexibility index (Phi) is 3.95. The lowest BCUT2D eigenvalue weighted by Crippen LogP contribution is -2.14. The van der Waals surface area contributed by atoms with Crippen molar-refractivity contribution in [2.45, 2.75) is 18.7 Å². The summed E-state index contributed by atoms with van der Waals surface area (Å²) in [6.45, 7) is 3.40. The van der Waals surface area contributed by atoms with E-state index in [1.165, 1.54) is 18.3 Å². The number of hydrogen-bond donors (Lipinski definition) is 2. The van der Waals surface area contributed by atoms with Crippen LogP contribution in [0.15, 0.2) is 41.4 Å². The minimum Gasteiger partial charge on any atom is -0.478 e. The number of anilines is 1. The van der Waals surface area contributed by atoms with Gasteiger partial charge >= 0.3 is 5.97 Å². The quantitative estimate of drug-likeness (QED) is 0.902. The molecule has 21 heavy (non-hydrogen) atoms. The van der Waals surface area contributed by atoms with Crippen LogP contribution in [0.2, 0.25) is 0 Å². The molecule has 0 aliphatic carbocycles. The van der Waals surface area contributed by atoms with E-state index < -0.39 is 16.0 Å². The number of carboxylic acids is 1. The molecule has 0 radical (unpaired) electrons. The second-order valence-corrected chi connectivity index (χ2v) is 6.26. The molecule has 0 unspecified atom stereocenters. The Morgan fingerprint density at radius 1 is 1.19 bits per heavy atom. The van der Waals surface area contributed by atoms with Gasteiger partial charge in [-0.3, -0.25) is 9.71 Å². The van der Waals surface area contributed by atoms with E-state index in [0.29, 0.717) is 11.3 Å². The lowest BCUT2D eigenvalue weighted by molar-refractivity contribution is 0.0696. The third-order valence-corrected chi connectivity index (χ3v) is 4.29. The molecule has 6 nitrogen and oxygen atoms in total. The third kappa shape index (κ3) is 3.38. The fourth-order valence-corrected chi connectivity index (χ4v) is 2.81. The number of nitrogens with zero attached hydrogens (tertiary/aromatic N) is 1. The van der Waals surface area contributed by atoms with Crippen molar-refractivity contribution in [3.05, 3.63) is 53.3 Å². The normalized spacial score (nSPS) is 11.1. The fourth-order valence-electron chi connectivity index (χ4n) is 1.74. The summed E-state index contributed by atoms with van der Waals surface area (Å²) < 4.78 is 26.8. The molecule has 0 bridgehead atoms. The molecule has 110 valence electrons. The first kappa shape index (κ1) is 15.0. The third-order valence-electron chi connectivity index (χ3n) is 2.91. The van der Waals surface area contributed by atoms with Crippen molar-refractivity contribution >= 4 is 21.7 Å². The zero-order chi connectivity index (χ0) is 15.6. The summed E-state index contributed by atoms with van der Waals surface area (Å²) >= 11 is 0. The van der Waals surface area contributed by atoms with Gasteiger partial charge in [0.05, 0.1) is 22.3 Å². The van der Waals surface area contributed by atoms with Gasteiger partial charge in [-0.1, -0.05) is 6.07 Å². The highest BCUT2D eigenvalue weighted by atomic mass is 32.2. The van der Waals surface area contributed by atoms with Gasteiger partial charge < -0.3 is 5.11 Å². The summed E-state index contributed by atoms with van der Waals surface area (Å²) in [5.41, 5.74) is 1.54. The molecule has 0 saturated heterocycles. The Labute approximate surface area is 122 Å². The van der Waals surface area contributed by atoms with Crippen molar-refractivity contribution in [2.75, 3.05) is 4.72 Å². The van der Waals surface area contributed by atoms with Gasteiger partial charge in [0, 0.05) is 5.69 Å². The highest BCUT2D eigenvalue weighted by Gasteiger charge is 2.18. The summed E-state index contributed by atoms with van der Waals surface area (Å²) in [6.07, 6.45) is 1.40. The largest absolute Gasteiger partial charge is 0.478 e. The number of aryl methyl sites for hydroxylation is 2. The summed E-state index contributed by atoms with van der Waals surface area (Å²) in [4.78, 5) is 15.0. The van der Waals surface area contributed by atoms with Crippen molar-refractivity contribution in [3.8, 4) is 0 Å². The zero-order valence-corrected chi connectivity index (χ0v) is 12.3. The SMILES string of the molecule is Cc1ccc(NS(=O)(=O)c2ccc(C)c(C(=O)O)c2)cn1. The average Bonchev–Trinajstić information content (AvgIpc) is 2.41. The molecular weight excluding hydrogens is 292 g/mol. The van der Waals surface area contributed by atoms with E-state index in [1.54, 1.807) is 26.0 Å². The standard InChI is InChI=1S/C14H14N2O4S/c1-9-3-6-12(7-13(9)14(17)18)21(19,20)16-11-5-4-10(2)15-8-11/h3-8,16H,1-2H3,(H,17,18). The van der Waals surface area contributed by atoms with Crippen molar-refractivity contribution in [2.24, 2.45) is 0 Å². The Bertz CT molecular complexity index is 783. The molecule has 1 heterocycles. The number of carboxylic acid groups (broad SMARTS) is 1. The van der Waals surface area contributed by atoms with Crippen LogP contribution in [-0.2, 0) is 10.0 Å². The highest BCUT2D eigenvalue weighted by molar-refractivity contribution is 7.92. The number of aromatic carboxylic acids is 1. The summed E-state index contributed by atoms with van der Waals surface area (Å²) in [7, 11) is -3.85. The van der Waals surface area contributed by atoms with Crippen molar-refractivity contribution in [3.63, 3.8) is 0 Å². The molecule has 2 rings (SSSR count). The second-order valence-electron chi connectivity index (χ2n) is 4.58. The number of carbonyl (C=O) groups is 1. The average molecular weight is 306 g/mol. The molecule has 0 aliphatic rings. The molecular formula is C14H14N2O4S. The van der Waals surface area contributed by atoms with E-state index >= 15 is 0 Å². The maximum absolute atomic E-state index is 12.2. The van der Waals surface area contributed by atoms with E-state index in [1.807, 2.05) is 0 Å². The first-order chi connectivity index (χ1) is 9.79. The lowest BCUT2D eigenvalue weighted by Gasteiger charge is -2.09. The van der Waals surface area contributed by atoms with Crippen molar-refractivity contribution < 1.29 is 18.3 Å². The minimum atomic E-state index is -3.85. The van der Waals surface area contributed by atoms with E-state index in [0.717, 1.165) is 11.8 Å². The van der Waals surface area contributed by atoms with E-state index in [4.69, 9.17) is 5.11 Å². The topological polar surface area (TPSA) is 96.4 Å². The van der Waals surface area contributed by atoms with Gasteiger partial charge in [0.25, 0.3) is 10.0 Å². The minimum absolute atomic E-state index is 0.0418. The smallest absolute Gasteiger partial charge is 0.335 e. The lowest BCUT2D eigenvalue weighted by atomic mass is 10.1. The van der Waals surface area contributed by atoms with Gasteiger partial charge in [-0.05, 0) is 43.7 Å². The van der Waals surface area contributed by atoms with Gasteiger partial charge in [-0.15, -0.1) is 0 Å². The van der Waals surface area contributed by atoms with Crippen LogP contribution in [0.4, 0.5) is 5.69 Å². The van der Waals surface area contributed by atoms with E-state index in [2.05, 4.69) is 9.71 Å². The second kappa shape index (κ2) is 5.53. The molecule has 1 aromatic heterocycles. The molecule has 7 heteroatoms. The predicted octanol–water partition coefficient (Wildman–Crippen LogP) is 2.20. The van der Waals surface area contributed by atoms with Crippen LogP contribution in [-0.4, -0.2) is 24.5 Å². The number of pyridine rings is 1. The Morgan fingerprint density at radius 2 is 1.90 bits per heavy atom. The van der Waals surface area contributed by atoms with Gasteiger partial charge in [0.15, 0.2) is 0 Å². The number of sulfonamides is 1. The van der Waals surface area contributed by atoms with Gasteiger partial charge in [-0.2, -0.15) is 0 Å². The maximum atomic E-state index is 12.2.